The molecular formula is C13H16N2O3. The van der Waals surface area contributed by atoms with Crippen LogP contribution in [0.5, 0.6) is 5.88 Å². The first kappa shape index (κ1) is 12.4. The molecule has 0 saturated carbocycles. The normalized spacial score (nSPS) is 10.9. The molecule has 0 aliphatic carbocycles. The minimum atomic E-state index is -0.354. The van der Waals surface area contributed by atoms with Crippen molar-refractivity contribution >= 4 is 16.9 Å². The zero-order valence-corrected chi connectivity index (χ0v) is 10.9. The molecule has 2 aromatic rings. The van der Waals surface area contributed by atoms with Gasteiger partial charge in [0.05, 0.1) is 30.7 Å². The van der Waals surface area contributed by atoms with Crippen LogP contribution in [0.25, 0.3) is 10.9 Å². The van der Waals surface area contributed by atoms with E-state index in [1.54, 1.807) is 19.2 Å². The summed E-state index contributed by atoms with van der Waals surface area (Å²) in [6.45, 7) is 4.05. The minimum Gasteiger partial charge on any atom is -0.479 e. The largest absolute Gasteiger partial charge is 0.479 e. The van der Waals surface area contributed by atoms with Crippen LogP contribution in [0.3, 0.4) is 0 Å². The molecule has 1 heterocycles. The molecule has 5 heteroatoms. The lowest BCUT2D eigenvalue weighted by molar-refractivity contribution is 0.0601. The Balaban J connectivity index is 2.66. The quantitative estimate of drug-likeness (QED) is 0.783. The van der Waals surface area contributed by atoms with Gasteiger partial charge in [0.25, 0.3) is 0 Å². The monoisotopic (exact) mass is 248 g/mol. The second-order valence-corrected chi connectivity index (χ2v) is 4.27. The average Bonchev–Trinajstić information content (AvgIpc) is 2.75. The fourth-order valence-corrected chi connectivity index (χ4v) is 1.90. The zero-order chi connectivity index (χ0) is 13.3. The molecular weight excluding hydrogens is 232 g/mol. The fourth-order valence-electron chi connectivity index (χ4n) is 1.90. The van der Waals surface area contributed by atoms with Gasteiger partial charge in [-0.3, -0.25) is 4.68 Å². The lowest BCUT2D eigenvalue weighted by Gasteiger charge is -2.07. The third kappa shape index (κ3) is 1.92. The van der Waals surface area contributed by atoms with E-state index in [1.165, 1.54) is 7.11 Å². The van der Waals surface area contributed by atoms with Gasteiger partial charge in [0.2, 0.25) is 5.88 Å². The molecule has 0 unspecified atom stereocenters. The molecule has 1 aromatic heterocycles. The summed E-state index contributed by atoms with van der Waals surface area (Å²) in [6.07, 6.45) is 0. The van der Waals surface area contributed by atoms with E-state index in [4.69, 9.17) is 9.47 Å². The Morgan fingerprint density at radius 1 is 1.33 bits per heavy atom. The van der Waals surface area contributed by atoms with E-state index in [1.807, 2.05) is 24.6 Å². The van der Waals surface area contributed by atoms with E-state index in [0.29, 0.717) is 11.4 Å². The molecule has 0 fully saturated rings. The molecule has 0 radical (unpaired) electrons. The molecule has 5 nitrogen and oxygen atoms in total. The summed E-state index contributed by atoms with van der Waals surface area (Å²) in [5.74, 6) is 0.211. The Bertz CT molecular complexity index is 587. The summed E-state index contributed by atoms with van der Waals surface area (Å²) >= 11 is 0. The van der Waals surface area contributed by atoms with Gasteiger partial charge < -0.3 is 9.47 Å². The van der Waals surface area contributed by atoms with E-state index in [0.717, 1.165) is 10.9 Å². The minimum absolute atomic E-state index is 0.185. The van der Waals surface area contributed by atoms with Crippen molar-refractivity contribution in [1.82, 2.24) is 9.78 Å². The van der Waals surface area contributed by atoms with Gasteiger partial charge in [0.1, 0.15) is 0 Å². The molecule has 0 atom stereocenters. The first-order valence-corrected chi connectivity index (χ1v) is 5.73. The highest BCUT2D eigenvalue weighted by molar-refractivity contribution is 5.95. The van der Waals surface area contributed by atoms with E-state index in [9.17, 15) is 4.79 Å². The molecule has 0 N–H and O–H groups in total. The molecule has 0 bridgehead atoms. The van der Waals surface area contributed by atoms with Gasteiger partial charge in [0, 0.05) is 6.04 Å². The van der Waals surface area contributed by atoms with Crippen molar-refractivity contribution in [3.05, 3.63) is 23.8 Å². The molecule has 18 heavy (non-hydrogen) atoms. The molecule has 0 aliphatic rings. The number of esters is 1. The van der Waals surface area contributed by atoms with Gasteiger partial charge in [-0.25, -0.2) is 4.79 Å². The SMILES string of the molecule is COC(=O)c1ccc2c(OC)nn(C(C)C)c2c1. The van der Waals surface area contributed by atoms with Crippen LogP contribution in [0.1, 0.15) is 30.2 Å². The molecule has 0 saturated heterocycles. The summed E-state index contributed by atoms with van der Waals surface area (Å²) in [5, 5.41) is 5.26. The van der Waals surface area contributed by atoms with Crippen molar-refractivity contribution in [2.75, 3.05) is 14.2 Å². The van der Waals surface area contributed by atoms with Crippen LogP contribution in [0, 0.1) is 0 Å². The Labute approximate surface area is 105 Å². The van der Waals surface area contributed by atoms with Crippen LogP contribution in [-0.4, -0.2) is 30.0 Å². The second kappa shape index (κ2) is 4.68. The summed E-state index contributed by atoms with van der Waals surface area (Å²) in [4.78, 5) is 11.5. The molecule has 1 aromatic carbocycles. The van der Waals surface area contributed by atoms with Crippen LogP contribution in [-0.2, 0) is 4.74 Å². The predicted molar refractivity (Wildman–Crippen MR) is 68.0 cm³/mol. The summed E-state index contributed by atoms with van der Waals surface area (Å²) in [6, 6.07) is 5.50. The van der Waals surface area contributed by atoms with Crippen molar-refractivity contribution in [2.24, 2.45) is 0 Å². The van der Waals surface area contributed by atoms with Gasteiger partial charge in [-0.1, -0.05) is 0 Å². The number of fused-ring (bicyclic) bond motifs is 1. The van der Waals surface area contributed by atoms with Crippen LogP contribution >= 0.6 is 0 Å². The van der Waals surface area contributed by atoms with E-state index in [-0.39, 0.29) is 12.0 Å². The first-order chi connectivity index (χ1) is 8.58. The lowest BCUT2D eigenvalue weighted by Crippen LogP contribution is -2.04. The topological polar surface area (TPSA) is 53.4 Å². The summed E-state index contributed by atoms with van der Waals surface area (Å²) in [7, 11) is 2.95. The van der Waals surface area contributed by atoms with Crippen molar-refractivity contribution in [2.45, 2.75) is 19.9 Å². The van der Waals surface area contributed by atoms with E-state index in [2.05, 4.69) is 5.10 Å². The standard InChI is InChI=1S/C13H16N2O3/c1-8(2)15-11-7-9(13(16)18-4)5-6-10(11)12(14-15)17-3/h5-8H,1-4H3. The number of carbonyl (C=O) groups is 1. The van der Waals surface area contributed by atoms with Crippen LogP contribution < -0.4 is 4.74 Å². The number of nitrogens with zero attached hydrogens (tertiary/aromatic N) is 2. The molecule has 96 valence electrons. The smallest absolute Gasteiger partial charge is 0.337 e. The van der Waals surface area contributed by atoms with Gasteiger partial charge in [0.15, 0.2) is 0 Å². The van der Waals surface area contributed by atoms with Gasteiger partial charge in [-0.15, -0.1) is 5.10 Å². The predicted octanol–water partition coefficient (Wildman–Crippen LogP) is 2.41. The van der Waals surface area contributed by atoms with Crippen molar-refractivity contribution < 1.29 is 14.3 Å². The number of ether oxygens (including phenoxy) is 2. The number of hydrogen-bond acceptors (Lipinski definition) is 4. The molecule has 0 spiro atoms. The Morgan fingerprint density at radius 2 is 2.06 bits per heavy atom. The second-order valence-electron chi connectivity index (χ2n) is 4.27. The van der Waals surface area contributed by atoms with E-state index >= 15 is 0 Å². The molecule has 2 rings (SSSR count). The van der Waals surface area contributed by atoms with Crippen LogP contribution in [0.4, 0.5) is 0 Å². The van der Waals surface area contributed by atoms with E-state index < -0.39 is 0 Å². The maximum absolute atomic E-state index is 11.5. The Kier molecular flexibility index (Phi) is 3.23. The lowest BCUT2D eigenvalue weighted by atomic mass is 10.1. The summed E-state index contributed by atoms with van der Waals surface area (Å²) < 4.78 is 11.8. The maximum Gasteiger partial charge on any atom is 0.337 e. The zero-order valence-electron chi connectivity index (χ0n) is 10.9. The fraction of sp³-hybridized carbons (Fsp3) is 0.385. The number of carbonyl (C=O) groups excluding carboxylic acids is 1. The Hall–Kier alpha value is -2.04. The third-order valence-electron chi connectivity index (χ3n) is 2.78. The third-order valence-corrected chi connectivity index (χ3v) is 2.78. The number of benzene rings is 1. The van der Waals surface area contributed by atoms with Crippen molar-refractivity contribution in [1.29, 1.82) is 0 Å². The molecule has 0 amide bonds. The van der Waals surface area contributed by atoms with Gasteiger partial charge in [-0.05, 0) is 32.0 Å². The molecule has 0 aliphatic heterocycles. The maximum atomic E-state index is 11.5. The van der Waals surface area contributed by atoms with Gasteiger partial charge in [-0.2, -0.15) is 0 Å². The van der Waals surface area contributed by atoms with Crippen molar-refractivity contribution in [3.8, 4) is 5.88 Å². The Morgan fingerprint density at radius 3 is 2.61 bits per heavy atom. The van der Waals surface area contributed by atoms with Crippen LogP contribution in [0.2, 0.25) is 0 Å². The number of hydrogen-bond donors (Lipinski definition) is 0. The highest BCUT2D eigenvalue weighted by Crippen LogP contribution is 2.28. The highest BCUT2D eigenvalue weighted by atomic mass is 16.5. The summed E-state index contributed by atoms with van der Waals surface area (Å²) in [5.41, 5.74) is 1.37. The van der Waals surface area contributed by atoms with Gasteiger partial charge >= 0.3 is 5.97 Å². The number of rotatable bonds is 3. The number of methoxy groups -OCH3 is 2. The average molecular weight is 248 g/mol. The number of aromatic nitrogens is 2. The highest BCUT2D eigenvalue weighted by Gasteiger charge is 2.15. The first-order valence-electron chi connectivity index (χ1n) is 5.73. The van der Waals surface area contributed by atoms with Crippen LogP contribution in [0.15, 0.2) is 18.2 Å². The van der Waals surface area contributed by atoms with Crippen molar-refractivity contribution in [3.63, 3.8) is 0 Å².